The van der Waals surface area contributed by atoms with Crippen molar-refractivity contribution in [2.75, 3.05) is 12.4 Å². The first-order valence-corrected chi connectivity index (χ1v) is 8.67. The molecule has 0 amide bonds. The average molecular weight is 343 g/mol. The Morgan fingerprint density at radius 1 is 1.12 bits per heavy atom. The van der Waals surface area contributed by atoms with E-state index in [9.17, 15) is 0 Å². The number of hydrogen-bond acceptors (Lipinski definition) is 3. The highest BCUT2D eigenvalue weighted by atomic mass is 32.1. The molecule has 0 aliphatic heterocycles. The molecule has 0 bridgehead atoms. The number of benzene rings is 2. The van der Waals surface area contributed by atoms with Crippen molar-refractivity contribution in [1.29, 1.82) is 0 Å². The Bertz CT molecular complexity index is 713. The molecule has 0 aliphatic rings. The van der Waals surface area contributed by atoms with E-state index in [-0.39, 0.29) is 0 Å². The predicted octanol–water partition coefficient (Wildman–Crippen LogP) is 5.29. The van der Waals surface area contributed by atoms with E-state index < -0.39 is 0 Å². The number of ether oxygens (including phenoxy) is 2. The van der Waals surface area contributed by atoms with Gasteiger partial charge in [0.1, 0.15) is 18.1 Å². The van der Waals surface area contributed by atoms with E-state index in [2.05, 4.69) is 31.3 Å². The molecular weight excluding hydrogens is 318 g/mol. The third-order valence-corrected chi connectivity index (χ3v) is 4.33. The van der Waals surface area contributed by atoms with Crippen LogP contribution in [0.4, 0.5) is 5.69 Å². The fourth-order valence-electron chi connectivity index (χ4n) is 2.43. The van der Waals surface area contributed by atoms with Crippen LogP contribution in [0.2, 0.25) is 0 Å². The highest BCUT2D eigenvalue weighted by molar-refractivity contribution is 7.80. The fraction of sp³-hybridized carbons (Fsp3) is 0.350. The number of hydrogen-bond donors (Lipinski definition) is 1. The molecule has 0 aromatic heterocycles. The molecule has 0 fully saturated rings. The van der Waals surface area contributed by atoms with Gasteiger partial charge in [0.15, 0.2) is 0 Å². The molecule has 0 heterocycles. The van der Waals surface area contributed by atoms with Crippen molar-refractivity contribution in [2.24, 2.45) is 0 Å². The Labute approximate surface area is 150 Å². The molecule has 0 radical (unpaired) electrons. The average Bonchev–Trinajstić information content (AvgIpc) is 2.61. The van der Waals surface area contributed by atoms with Gasteiger partial charge in [0, 0.05) is 11.3 Å². The first kappa shape index (κ1) is 18.3. The van der Waals surface area contributed by atoms with Crippen LogP contribution in [-0.4, -0.2) is 12.1 Å². The zero-order chi connectivity index (χ0) is 17.5. The van der Waals surface area contributed by atoms with Crippen LogP contribution in [0.25, 0.3) is 0 Å². The highest BCUT2D eigenvalue weighted by Crippen LogP contribution is 2.26. The van der Waals surface area contributed by atoms with Crippen LogP contribution in [-0.2, 0) is 13.0 Å². The van der Waals surface area contributed by atoms with Crippen molar-refractivity contribution in [3.05, 3.63) is 53.1 Å². The maximum atomic E-state index is 6.04. The minimum Gasteiger partial charge on any atom is -0.497 e. The first-order chi connectivity index (χ1) is 11.6. The lowest BCUT2D eigenvalue weighted by atomic mass is 10.1. The maximum absolute atomic E-state index is 6.04. The van der Waals surface area contributed by atoms with Gasteiger partial charge in [0.2, 0.25) is 0 Å². The minimum absolute atomic E-state index is 0.457. The van der Waals surface area contributed by atoms with E-state index in [0.29, 0.717) is 6.61 Å². The van der Waals surface area contributed by atoms with Gasteiger partial charge >= 0.3 is 0 Å². The van der Waals surface area contributed by atoms with Crippen molar-refractivity contribution < 1.29 is 9.47 Å². The van der Waals surface area contributed by atoms with Gasteiger partial charge in [-0.3, -0.25) is 0 Å². The molecule has 2 aromatic carbocycles. The van der Waals surface area contributed by atoms with Gasteiger partial charge in [-0.05, 0) is 55.2 Å². The molecule has 0 spiro atoms. The number of anilines is 1. The zero-order valence-electron chi connectivity index (χ0n) is 14.8. The molecule has 0 atom stereocenters. The van der Waals surface area contributed by atoms with Gasteiger partial charge in [-0.15, -0.1) is 0 Å². The van der Waals surface area contributed by atoms with Gasteiger partial charge in [-0.1, -0.05) is 38.2 Å². The molecule has 0 saturated carbocycles. The van der Waals surface area contributed by atoms with Gasteiger partial charge in [0.05, 0.1) is 12.1 Å². The molecule has 4 heteroatoms. The van der Waals surface area contributed by atoms with Crippen molar-refractivity contribution in [3.63, 3.8) is 0 Å². The van der Waals surface area contributed by atoms with E-state index in [1.54, 1.807) is 7.11 Å². The Hall–Kier alpha value is -2.07. The Kier molecular flexibility index (Phi) is 6.62. The van der Waals surface area contributed by atoms with Crippen molar-refractivity contribution in [3.8, 4) is 11.5 Å². The molecule has 24 heavy (non-hydrogen) atoms. The molecule has 2 rings (SSSR count). The molecular formula is C20H25NO2S. The monoisotopic (exact) mass is 343 g/mol. The predicted molar refractivity (Wildman–Crippen MR) is 104 cm³/mol. The second kappa shape index (κ2) is 8.69. The van der Waals surface area contributed by atoms with E-state index in [0.717, 1.165) is 46.1 Å². The number of methoxy groups -OCH3 is 1. The second-order valence-electron chi connectivity index (χ2n) is 5.67. The summed E-state index contributed by atoms with van der Waals surface area (Å²) in [6.45, 7) is 6.72. The quantitative estimate of drug-likeness (QED) is 0.692. The van der Waals surface area contributed by atoms with Crippen molar-refractivity contribution in [2.45, 2.75) is 40.2 Å². The zero-order valence-corrected chi connectivity index (χ0v) is 15.6. The molecule has 2 aromatic rings. The van der Waals surface area contributed by atoms with E-state index in [4.69, 9.17) is 21.7 Å². The van der Waals surface area contributed by atoms with Crippen LogP contribution in [0.1, 0.15) is 37.0 Å². The van der Waals surface area contributed by atoms with Gasteiger partial charge in [-0.25, -0.2) is 0 Å². The standard InChI is InChI=1S/C20H25NO2S/c1-5-15-7-10-19(14(3)11-15)23-13-16-12-17(22-4)8-9-18(16)21-20(24)6-2/h7-12H,5-6,13H2,1-4H3,(H,21,24). The minimum atomic E-state index is 0.457. The lowest BCUT2D eigenvalue weighted by Gasteiger charge is -2.15. The van der Waals surface area contributed by atoms with Crippen LogP contribution in [0, 0.1) is 6.92 Å². The third kappa shape index (κ3) is 4.71. The van der Waals surface area contributed by atoms with Crippen molar-refractivity contribution in [1.82, 2.24) is 0 Å². The first-order valence-electron chi connectivity index (χ1n) is 8.26. The molecule has 0 unspecified atom stereocenters. The SMILES string of the molecule is CCC(=S)Nc1ccc(OC)cc1COc1ccc(CC)cc1C. The number of rotatable bonds is 7. The number of nitrogens with one attached hydrogen (secondary N) is 1. The lowest BCUT2D eigenvalue weighted by molar-refractivity contribution is 0.303. The third-order valence-electron chi connectivity index (χ3n) is 3.94. The summed E-state index contributed by atoms with van der Waals surface area (Å²) in [5, 5.41) is 3.28. The maximum Gasteiger partial charge on any atom is 0.122 e. The fourth-order valence-corrected chi connectivity index (χ4v) is 2.54. The Balaban J connectivity index is 2.19. The number of aryl methyl sites for hydroxylation is 2. The highest BCUT2D eigenvalue weighted by Gasteiger charge is 2.08. The molecule has 1 N–H and O–H groups in total. The smallest absolute Gasteiger partial charge is 0.122 e. The van der Waals surface area contributed by atoms with E-state index in [1.807, 2.05) is 31.2 Å². The number of thiocarbonyl (C=S) groups is 1. The van der Waals surface area contributed by atoms with Crippen LogP contribution in [0.5, 0.6) is 11.5 Å². The Morgan fingerprint density at radius 2 is 1.92 bits per heavy atom. The van der Waals surface area contributed by atoms with E-state index in [1.165, 1.54) is 5.56 Å². The summed E-state index contributed by atoms with van der Waals surface area (Å²) in [5.74, 6) is 1.71. The summed E-state index contributed by atoms with van der Waals surface area (Å²) in [6.07, 6.45) is 1.83. The van der Waals surface area contributed by atoms with Gasteiger partial charge in [-0.2, -0.15) is 0 Å². The van der Waals surface area contributed by atoms with Crippen molar-refractivity contribution >= 4 is 22.9 Å². The summed E-state index contributed by atoms with van der Waals surface area (Å²) in [6, 6.07) is 12.2. The Morgan fingerprint density at radius 3 is 2.54 bits per heavy atom. The van der Waals surface area contributed by atoms with Crippen LogP contribution in [0.15, 0.2) is 36.4 Å². The van der Waals surface area contributed by atoms with Gasteiger partial charge < -0.3 is 14.8 Å². The summed E-state index contributed by atoms with van der Waals surface area (Å²) >= 11 is 5.30. The summed E-state index contributed by atoms with van der Waals surface area (Å²) in [4.78, 5) is 0.810. The molecule has 128 valence electrons. The topological polar surface area (TPSA) is 30.5 Å². The van der Waals surface area contributed by atoms with E-state index >= 15 is 0 Å². The lowest BCUT2D eigenvalue weighted by Crippen LogP contribution is -2.10. The normalized spacial score (nSPS) is 10.3. The molecule has 0 saturated heterocycles. The van der Waals surface area contributed by atoms with Gasteiger partial charge in [0.25, 0.3) is 0 Å². The van der Waals surface area contributed by atoms with Crippen LogP contribution >= 0.6 is 12.2 Å². The molecule has 3 nitrogen and oxygen atoms in total. The summed E-state index contributed by atoms with van der Waals surface area (Å²) in [5.41, 5.74) is 4.45. The van der Waals surface area contributed by atoms with Crippen LogP contribution in [0.3, 0.4) is 0 Å². The second-order valence-corrected chi connectivity index (χ2v) is 6.16. The van der Waals surface area contributed by atoms with Crippen LogP contribution < -0.4 is 14.8 Å². The largest absolute Gasteiger partial charge is 0.497 e. The molecule has 0 aliphatic carbocycles. The summed E-state index contributed by atoms with van der Waals surface area (Å²) in [7, 11) is 1.66. The summed E-state index contributed by atoms with van der Waals surface area (Å²) < 4.78 is 11.4.